The molecule has 2 aromatic heterocycles. The lowest BCUT2D eigenvalue weighted by Gasteiger charge is -2.04. The first-order valence-electron chi connectivity index (χ1n) is 6.26. The number of aliphatic hydroxyl groups is 1. The van der Waals surface area contributed by atoms with Gasteiger partial charge in [0.05, 0.1) is 0 Å². The number of benzene rings is 1. The van der Waals surface area contributed by atoms with Gasteiger partial charge in [0.25, 0.3) is 0 Å². The van der Waals surface area contributed by atoms with Crippen molar-refractivity contribution in [1.29, 1.82) is 0 Å². The summed E-state index contributed by atoms with van der Waals surface area (Å²) in [5.41, 5.74) is 2.23. The number of rotatable bonds is 2. The third kappa shape index (κ3) is 2.03. The molecule has 0 aliphatic heterocycles. The second kappa shape index (κ2) is 4.77. The number of hydrogen-bond donors (Lipinski definition) is 1. The van der Waals surface area contributed by atoms with Crippen LogP contribution in [0, 0.1) is 0 Å². The van der Waals surface area contributed by atoms with Crippen LogP contribution in [0.3, 0.4) is 0 Å². The molecule has 0 fully saturated rings. The van der Waals surface area contributed by atoms with E-state index in [4.69, 9.17) is 0 Å². The van der Waals surface area contributed by atoms with Gasteiger partial charge in [-0.25, -0.2) is 9.50 Å². The van der Waals surface area contributed by atoms with E-state index in [1.807, 2.05) is 30.3 Å². The number of aromatic nitrogens is 3. The molecule has 0 aliphatic rings. The highest BCUT2D eigenvalue weighted by molar-refractivity contribution is 5.50. The highest BCUT2D eigenvalue weighted by atomic mass is 16.3. The Morgan fingerprint density at radius 3 is 2.75 bits per heavy atom. The van der Waals surface area contributed by atoms with Gasteiger partial charge in [-0.2, -0.15) is 5.10 Å². The van der Waals surface area contributed by atoms with E-state index in [2.05, 4.69) is 10.1 Å². The lowest BCUT2D eigenvalue weighted by Crippen LogP contribution is -2.34. The van der Waals surface area contributed by atoms with Crippen LogP contribution < -0.4 is 10.8 Å². The van der Waals surface area contributed by atoms with Gasteiger partial charge in [-0.05, 0) is 18.6 Å². The summed E-state index contributed by atoms with van der Waals surface area (Å²) in [6, 6.07) is 11.4. The van der Waals surface area contributed by atoms with Gasteiger partial charge in [-0.1, -0.05) is 30.3 Å². The maximum atomic E-state index is 12.1. The summed E-state index contributed by atoms with van der Waals surface area (Å²) in [6.45, 7) is 1.47. The van der Waals surface area contributed by atoms with Crippen LogP contribution in [0.1, 0.15) is 18.1 Å². The first-order chi connectivity index (χ1) is 9.66. The molecular formula is C15H13N3O2. The van der Waals surface area contributed by atoms with E-state index in [1.54, 1.807) is 0 Å². The predicted octanol–water partition coefficient (Wildman–Crippen LogP) is 1.09. The number of aliphatic hydroxyl groups excluding tert-OH is 1. The highest BCUT2D eigenvalue weighted by Gasteiger charge is 2.10. The molecule has 100 valence electrons. The summed E-state index contributed by atoms with van der Waals surface area (Å²) in [4.78, 5) is 16.3. The first kappa shape index (κ1) is 12.3. The molecule has 0 amide bonds. The molecule has 0 unspecified atom stereocenters. The van der Waals surface area contributed by atoms with Crippen LogP contribution in [0.25, 0.3) is 11.4 Å². The van der Waals surface area contributed by atoms with E-state index in [0.717, 1.165) is 11.1 Å². The summed E-state index contributed by atoms with van der Waals surface area (Å²) < 4.78 is 1.40. The van der Waals surface area contributed by atoms with Crippen molar-refractivity contribution >= 4 is 11.4 Å². The van der Waals surface area contributed by atoms with Crippen LogP contribution in [-0.2, 0) is 6.42 Å². The van der Waals surface area contributed by atoms with Crippen LogP contribution in [0.2, 0.25) is 0 Å². The monoisotopic (exact) mass is 267 g/mol. The van der Waals surface area contributed by atoms with Gasteiger partial charge >= 0.3 is 0 Å². The lowest BCUT2D eigenvalue weighted by atomic mass is 10.1. The SMILES string of the molecule is CC(O)=c1c(=O)cc(Cc2ccccc2)c2ncnn12. The van der Waals surface area contributed by atoms with E-state index in [9.17, 15) is 9.90 Å². The van der Waals surface area contributed by atoms with E-state index in [-0.39, 0.29) is 16.5 Å². The largest absolute Gasteiger partial charge is 0.510 e. The van der Waals surface area contributed by atoms with Crippen LogP contribution in [0.5, 0.6) is 0 Å². The van der Waals surface area contributed by atoms with Crippen LogP contribution in [0.15, 0.2) is 47.5 Å². The second-order valence-electron chi connectivity index (χ2n) is 4.63. The topological polar surface area (TPSA) is 67.5 Å². The molecule has 0 radical (unpaired) electrons. The van der Waals surface area contributed by atoms with Crippen molar-refractivity contribution in [3.05, 3.63) is 69.4 Å². The molecule has 1 aromatic carbocycles. The Bertz CT molecular complexity index is 865. The average molecular weight is 267 g/mol. The van der Waals surface area contributed by atoms with Crippen LogP contribution >= 0.6 is 0 Å². The van der Waals surface area contributed by atoms with Gasteiger partial charge in [-0.15, -0.1) is 0 Å². The minimum atomic E-state index is -0.256. The van der Waals surface area contributed by atoms with Crippen molar-refractivity contribution in [3.8, 4) is 0 Å². The molecule has 0 spiro atoms. The van der Waals surface area contributed by atoms with Crippen molar-refractivity contribution in [3.63, 3.8) is 0 Å². The fraction of sp³-hybridized carbons (Fsp3) is 0.133. The summed E-state index contributed by atoms with van der Waals surface area (Å²) in [6.07, 6.45) is 1.98. The molecule has 0 bridgehead atoms. The Kier molecular flexibility index (Phi) is 2.95. The molecule has 0 atom stereocenters. The fourth-order valence-electron chi connectivity index (χ4n) is 2.30. The summed E-state index contributed by atoms with van der Waals surface area (Å²) in [7, 11) is 0. The van der Waals surface area contributed by atoms with Gasteiger partial charge in [0, 0.05) is 12.0 Å². The lowest BCUT2D eigenvalue weighted by molar-refractivity contribution is 0.493. The zero-order chi connectivity index (χ0) is 14.1. The van der Waals surface area contributed by atoms with Gasteiger partial charge in [-0.3, -0.25) is 4.79 Å². The van der Waals surface area contributed by atoms with Crippen molar-refractivity contribution in [2.45, 2.75) is 13.3 Å². The normalized spacial score (nSPS) is 12.7. The average Bonchev–Trinajstić information content (AvgIpc) is 2.88. The standard InChI is InChI=1S/C15H13N3O2/c1-10(19)14-13(20)8-12(15-16-9-17-18(14)15)7-11-5-3-2-4-6-11/h2-6,8-9,19H,7H2,1H3. The molecule has 0 aliphatic carbocycles. The van der Waals surface area contributed by atoms with E-state index >= 15 is 0 Å². The third-order valence-electron chi connectivity index (χ3n) is 3.17. The third-order valence-corrected chi connectivity index (χ3v) is 3.17. The molecule has 3 rings (SSSR count). The minimum absolute atomic E-state index is 0.0586. The van der Waals surface area contributed by atoms with E-state index in [0.29, 0.717) is 12.1 Å². The Hall–Kier alpha value is -2.69. The summed E-state index contributed by atoms with van der Waals surface area (Å²) in [5, 5.41) is 13.8. The van der Waals surface area contributed by atoms with E-state index < -0.39 is 0 Å². The maximum absolute atomic E-state index is 12.1. The molecule has 0 saturated heterocycles. The second-order valence-corrected chi connectivity index (χ2v) is 4.63. The maximum Gasteiger partial charge on any atom is 0.208 e. The number of fused-ring (bicyclic) bond motifs is 1. The van der Waals surface area contributed by atoms with Crippen molar-refractivity contribution in [2.24, 2.45) is 0 Å². The minimum Gasteiger partial charge on any atom is -0.510 e. The Morgan fingerprint density at radius 1 is 1.30 bits per heavy atom. The summed E-state index contributed by atoms with van der Waals surface area (Å²) in [5.74, 6) is -0.0586. The van der Waals surface area contributed by atoms with Crippen molar-refractivity contribution in [1.82, 2.24) is 14.6 Å². The van der Waals surface area contributed by atoms with Gasteiger partial charge in [0.15, 0.2) is 11.0 Å². The number of pyridine rings is 1. The smallest absolute Gasteiger partial charge is 0.208 e. The van der Waals surface area contributed by atoms with Crippen molar-refractivity contribution in [2.75, 3.05) is 0 Å². The molecule has 2 heterocycles. The van der Waals surface area contributed by atoms with Crippen molar-refractivity contribution < 1.29 is 5.11 Å². The molecular weight excluding hydrogens is 254 g/mol. The van der Waals surface area contributed by atoms with Gasteiger partial charge < -0.3 is 5.11 Å². The van der Waals surface area contributed by atoms with Crippen LogP contribution in [-0.4, -0.2) is 19.7 Å². The zero-order valence-corrected chi connectivity index (χ0v) is 10.9. The first-order valence-corrected chi connectivity index (χ1v) is 6.26. The quantitative estimate of drug-likeness (QED) is 0.754. The summed E-state index contributed by atoms with van der Waals surface area (Å²) >= 11 is 0. The van der Waals surface area contributed by atoms with Crippen LogP contribution in [0.4, 0.5) is 0 Å². The Labute approximate surface area is 114 Å². The van der Waals surface area contributed by atoms with Gasteiger partial charge in [0.1, 0.15) is 12.1 Å². The molecule has 3 aromatic rings. The van der Waals surface area contributed by atoms with E-state index in [1.165, 1.54) is 23.8 Å². The molecule has 1 N–H and O–H groups in total. The Morgan fingerprint density at radius 2 is 2.05 bits per heavy atom. The van der Waals surface area contributed by atoms with Gasteiger partial charge in [0.2, 0.25) is 5.43 Å². The predicted molar refractivity (Wildman–Crippen MR) is 75.4 cm³/mol. The zero-order valence-electron chi connectivity index (χ0n) is 10.9. The molecule has 20 heavy (non-hydrogen) atoms. The molecule has 5 nitrogen and oxygen atoms in total. The fourth-order valence-corrected chi connectivity index (χ4v) is 2.30. The highest BCUT2D eigenvalue weighted by Crippen LogP contribution is 2.10. The molecule has 0 saturated carbocycles. The number of hydrogen-bond acceptors (Lipinski definition) is 4. The molecule has 5 heteroatoms. The Balaban J connectivity index is 2.24. The number of nitrogens with zero attached hydrogens (tertiary/aromatic N) is 3.